The second-order valence-corrected chi connectivity index (χ2v) is 10.1. The minimum atomic E-state index is -0.942. The molecule has 9 heteroatoms. The summed E-state index contributed by atoms with van der Waals surface area (Å²) in [5.41, 5.74) is 1.15. The standard InChI is InChI=1S/C29H19ClN2O5S/c1-16-7-14-22(36-16)26(33)24-25(17-8-11-20(12-9-17)37-19-5-3-2-4-6-19)32(28(35)27(24)34)29-31-21-13-10-18(30)15-23(21)38-29/h2-15,25,34H,1H3. The van der Waals surface area contributed by atoms with Crippen molar-refractivity contribution in [3.05, 3.63) is 118 Å². The Morgan fingerprint density at radius 1 is 1.03 bits per heavy atom. The molecule has 2 aromatic heterocycles. The molecule has 3 heterocycles. The third-order valence-electron chi connectivity index (χ3n) is 6.14. The van der Waals surface area contributed by atoms with Crippen LogP contribution in [0.5, 0.6) is 11.5 Å². The van der Waals surface area contributed by atoms with Gasteiger partial charge in [0.1, 0.15) is 17.3 Å². The summed E-state index contributed by atoms with van der Waals surface area (Å²) in [6.45, 7) is 1.71. The van der Waals surface area contributed by atoms with Crippen LogP contribution in [0.4, 0.5) is 5.13 Å². The lowest BCUT2D eigenvalue weighted by molar-refractivity contribution is -0.117. The van der Waals surface area contributed by atoms with Gasteiger partial charge in [-0.2, -0.15) is 0 Å². The highest BCUT2D eigenvalue weighted by Gasteiger charge is 2.46. The van der Waals surface area contributed by atoms with E-state index in [9.17, 15) is 14.7 Å². The summed E-state index contributed by atoms with van der Waals surface area (Å²) >= 11 is 7.40. The Kier molecular flexibility index (Phi) is 5.98. The minimum Gasteiger partial charge on any atom is -0.503 e. The number of aryl methyl sites for hydroxylation is 1. The maximum absolute atomic E-state index is 13.6. The van der Waals surface area contributed by atoms with E-state index >= 15 is 0 Å². The van der Waals surface area contributed by atoms with Gasteiger partial charge >= 0.3 is 0 Å². The maximum Gasteiger partial charge on any atom is 0.296 e. The number of carbonyl (C=O) groups is 2. The number of Topliss-reactive ketones (excluding diaryl/α,β-unsaturated/α-hetero) is 1. The van der Waals surface area contributed by atoms with Gasteiger partial charge in [-0.25, -0.2) is 4.98 Å². The van der Waals surface area contributed by atoms with Gasteiger partial charge in [-0.1, -0.05) is 53.3 Å². The number of aromatic nitrogens is 1. The second kappa shape index (κ2) is 9.48. The average molecular weight is 543 g/mol. The van der Waals surface area contributed by atoms with Gasteiger partial charge in [-0.05, 0) is 67.1 Å². The van der Waals surface area contributed by atoms with E-state index in [1.165, 1.54) is 22.3 Å². The molecule has 1 atom stereocenters. The summed E-state index contributed by atoms with van der Waals surface area (Å²) in [5.74, 6) is -0.126. The normalized spacial score (nSPS) is 15.5. The first kappa shape index (κ1) is 24.0. The molecule has 0 radical (unpaired) electrons. The van der Waals surface area contributed by atoms with Gasteiger partial charge in [0.2, 0.25) is 5.78 Å². The molecule has 3 aromatic carbocycles. The van der Waals surface area contributed by atoms with Gasteiger partial charge in [0.05, 0.1) is 21.8 Å². The number of aliphatic hydroxyl groups excluding tert-OH is 1. The number of amides is 1. The molecule has 0 fully saturated rings. The van der Waals surface area contributed by atoms with Crippen LogP contribution < -0.4 is 9.64 Å². The van der Waals surface area contributed by atoms with Crippen LogP contribution in [0.15, 0.2) is 101 Å². The van der Waals surface area contributed by atoms with Crippen molar-refractivity contribution < 1.29 is 23.8 Å². The molecule has 0 saturated heterocycles. The first-order chi connectivity index (χ1) is 18.4. The van der Waals surface area contributed by atoms with Crippen molar-refractivity contribution in [2.45, 2.75) is 13.0 Å². The molecular weight excluding hydrogens is 524 g/mol. The molecule has 1 N–H and O–H groups in total. The third kappa shape index (κ3) is 4.23. The molecule has 6 rings (SSSR count). The van der Waals surface area contributed by atoms with Gasteiger partial charge in [-0.15, -0.1) is 0 Å². The molecule has 0 aliphatic carbocycles. The molecular formula is C29H19ClN2O5S. The van der Waals surface area contributed by atoms with Crippen LogP contribution in [-0.4, -0.2) is 21.8 Å². The number of halogens is 1. The molecule has 1 aliphatic rings. The van der Waals surface area contributed by atoms with Gasteiger partial charge in [0.25, 0.3) is 5.91 Å². The fraction of sp³-hybridized carbons (Fsp3) is 0.0690. The molecule has 0 spiro atoms. The van der Waals surface area contributed by atoms with Crippen LogP contribution in [-0.2, 0) is 4.79 Å². The summed E-state index contributed by atoms with van der Waals surface area (Å²) in [7, 11) is 0. The maximum atomic E-state index is 13.6. The molecule has 0 bridgehead atoms. The van der Waals surface area contributed by atoms with Crippen molar-refractivity contribution in [2.75, 3.05) is 4.90 Å². The fourth-order valence-corrected chi connectivity index (χ4v) is 5.64. The largest absolute Gasteiger partial charge is 0.503 e. The van der Waals surface area contributed by atoms with Crippen molar-refractivity contribution in [3.63, 3.8) is 0 Å². The number of furan rings is 1. The zero-order chi connectivity index (χ0) is 26.4. The van der Waals surface area contributed by atoms with E-state index in [1.807, 2.05) is 30.3 Å². The Balaban J connectivity index is 1.44. The number of hydrogen-bond acceptors (Lipinski definition) is 7. The fourth-order valence-electron chi connectivity index (χ4n) is 4.37. The minimum absolute atomic E-state index is 0.0313. The lowest BCUT2D eigenvalue weighted by atomic mass is 9.95. The van der Waals surface area contributed by atoms with Gasteiger partial charge < -0.3 is 14.3 Å². The van der Waals surface area contributed by atoms with E-state index in [-0.39, 0.29) is 11.3 Å². The zero-order valence-corrected chi connectivity index (χ0v) is 21.5. The summed E-state index contributed by atoms with van der Waals surface area (Å²) in [6.07, 6.45) is 0. The number of benzene rings is 3. The molecule has 38 heavy (non-hydrogen) atoms. The van der Waals surface area contributed by atoms with Gasteiger partial charge in [-0.3, -0.25) is 14.5 Å². The summed E-state index contributed by atoms with van der Waals surface area (Å²) in [6, 6.07) is 23.8. The molecule has 188 valence electrons. The van der Waals surface area contributed by atoms with E-state index < -0.39 is 23.5 Å². The second-order valence-electron chi connectivity index (χ2n) is 8.67. The molecule has 1 unspecified atom stereocenters. The number of ether oxygens (including phenoxy) is 1. The number of ketones is 1. The van der Waals surface area contributed by atoms with Crippen LogP contribution in [0.25, 0.3) is 10.2 Å². The number of thiazole rings is 1. The zero-order valence-electron chi connectivity index (χ0n) is 19.9. The van der Waals surface area contributed by atoms with Gasteiger partial charge in [0, 0.05) is 5.02 Å². The third-order valence-corrected chi connectivity index (χ3v) is 7.39. The molecule has 5 aromatic rings. The monoisotopic (exact) mass is 542 g/mol. The van der Waals surface area contributed by atoms with Crippen molar-refractivity contribution >= 4 is 50.0 Å². The lowest BCUT2D eigenvalue weighted by Crippen LogP contribution is -2.30. The van der Waals surface area contributed by atoms with Crippen LogP contribution in [0.3, 0.4) is 0 Å². The molecule has 7 nitrogen and oxygen atoms in total. The number of carbonyl (C=O) groups excluding carboxylic acids is 2. The molecule has 1 aliphatic heterocycles. The Labute approximate surface area is 226 Å². The number of nitrogens with zero attached hydrogens (tertiary/aromatic N) is 2. The smallest absolute Gasteiger partial charge is 0.296 e. The SMILES string of the molecule is Cc1ccc(C(=O)C2=C(O)C(=O)N(c3nc4ccc(Cl)cc4s3)C2c2ccc(Oc3ccccc3)cc2)o1. The predicted octanol–water partition coefficient (Wildman–Crippen LogP) is 7.43. The summed E-state index contributed by atoms with van der Waals surface area (Å²) in [5, 5.41) is 11.8. The lowest BCUT2D eigenvalue weighted by Gasteiger charge is -2.24. The first-order valence-electron chi connectivity index (χ1n) is 11.7. The van der Waals surface area contributed by atoms with E-state index in [0.717, 1.165) is 4.70 Å². The Morgan fingerprint density at radius 2 is 1.76 bits per heavy atom. The van der Waals surface area contributed by atoms with E-state index in [1.54, 1.807) is 55.5 Å². The number of aliphatic hydroxyl groups is 1. The predicted molar refractivity (Wildman–Crippen MR) is 145 cm³/mol. The van der Waals surface area contributed by atoms with E-state index in [2.05, 4.69) is 4.98 Å². The highest BCUT2D eigenvalue weighted by atomic mass is 35.5. The van der Waals surface area contributed by atoms with Crippen LogP contribution in [0.1, 0.15) is 27.9 Å². The number of anilines is 1. The van der Waals surface area contributed by atoms with E-state index in [4.69, 9.17) is 20.8 Å². The summed E-state index contributed by atoms with van der Waals surface area (Å²) < 4.78 is 12.2. The number of fused-ring (bicyclic) bond motifs is 1. The molecule has 0 saturated carbocycles. The number of rotatable bonds is 6. The number of para-hydroxylation sites is 1. The van der Waals surface area contributed by atoms with Crippen molar-refractivity contribution in [1.82, 2.24) is 4.98 Å². The van der Waals surface area contributed by atoms with Crippen LogP contribution in [0, 0.1) is 6.92 Å². The van der Waals surface area contributed by atoms with Crippen molar-refractivity contribution in [3.8, 4) is 11.5 Å². The molecule has 1 amide bonds. The Bertz CT molecular complexity index is 1720. The quantitative estimate of drug-likeness (QED) is 0.224. The highest BCUT2D eigenvalue weighted by Crippen LogP contribution is 2.45. The van der Waals surface area contributed by atoms with Crippen molar-refractivity contribution in [1.29, 1.82) is 0 Å². The van der Waals surface area contributed by atoms with E-state index in [0.29, 0.717) is 38.5 Å². The van der Waals surface area contributed by atoms with Crippen molar-refractivity contribution in [2.24, 2.45) is 0 Å². The van der Waals surface area contributed by atoms with Gasteiger partial charge in [0.15, 0.2) is 16.7 Å². The highest BCUT2D eigenvalue weighted by molar-refractivity contribution is 7.22. The first-order valence-corrected chi connectivity index (χ1v) is 12.9. The number of hydrogen-bond donors (Lipinski definition) is 1. The Hall–Kier alpha value is -4.40. The van der Waals surface area contributed by atoms with Crippen LogP contribution >= 0.6 is 22.9 Å². The topological polar surface area (TPSA) is 92.9 Å². The summed E-state index contributed by atoms with van der Waals surface area (Å²) in [4.78, 5) is 32.9. The average Bonchev–Trinajstić information content (AvgIpc) is 3.60. The Morgan fingerprint density at radius 3 is 2.47 bits per heavy atom. The van der Waals surface area contributed by atoms with Crippen LogP contribution in [0.2, 0.25) is 5.02 Å².